The number of aromatic nitrogens is 5. The van der Waals surface area contributed by atoms with E-state index in [1.54, 1.807) is 135 Å². The van der Waals surface area contributed by atoms with E-state index < -0.39 is 30.4 Å². The third-order valence-corrected chi connectivity index (χ3v) is 19.6. The maximum absolute atomic E-state index is 14.0. The Labute approximate surface area is 501 Å². The van der Waals surface area contributed by atoms with Gasteiger partial charge >= 0.3 is 36.4 Å². The molecule has 0 atom stereocenters. The minimum absolute atomic E-state index is 0.0161. The highest BCUT2D eigenvalue weighted by atomic mass is 31.2. The van der Waals surface area contributed by atoms with E-state index in [1.807, 2.05) is 0 Å². The fraction of sp³-hybridized carbons (Fsp3) is 0.607. The first-order chi connectivity index (χ1) is 40.9. The summed E-state index contributed by atoms with van der Waals surface area (Å²) in [7, 11) is -11.8. The number of ether oxygens (including phenoxy) is 5. The van der Waals surface area contributed by atoms with Gasteiger partial charge in [-0.15, -0.1) is 0 Å². The molecule has 25 nitrogen and oxygen atoms in total. The summed E-state index contributed by atoms with van der Waals surface area (Å²) in [4.78, 5) is 20.1. The van der Waals surface area contributed by atoms with Crippen LogP contribution in [-0.2, 0) is 86.5 Å². The van der Waals surface area contributed by atoms with E-state index in [0.717, 1.165) is 0 Å². The van der Waals surface area contributed by atoms with Crippen molar-refractivity contribution in [2.24, 2.45) is 0 Å². The number of esters is 1. The van der Waals surface area contributed by atoms with Crippen LogP contribution in [0.4, 0.5) is 0 Å². The van der Waals surface area contributed by atoms with Crippen LogP contribution in [0.2, 0.25) is 0 Å². The van der Waals surface area contributed by atoms with Crippen molar-refractivity contribution in [3.63, 3.8) is 0 Å². The van der Waals surface area contributed by atoms with Crippen LogP contribution in [0, 0.1) is 23.7 Å². The Balaban J connectivity index is 1.92. The zero-order valence-corrected chi connectivity index (χ0v) is 54.7. The molecule has 0 amide bonds. The fourth-order valence-corrected chi connectivity index (χ4v) is 15.4. The highest BCUT2D eigenvalue weighted by molar-refractivity contribution is 7.55. The molecule has 3 heterocycles. The molecule has 0 N–H and O–H groups in total. The lowest BCUT2D eigenvalue weighted by Gasteiger charge is -2.29. The van der Waals surface area contributed by atoms with Gasteiger partial charge in [0.05, 0.1) is 95.2 Å². The second-order valence-corrected chi connectivity index (χ2v) is 26.3. The maximum Gasteiger partial charge on any atom is 0.344 e. The Morgan fingerprint density at radius 1 is 0.506 bits per heavy atom. The van der Waals surface area contributed by atoms with Crippen molar-refractivity contribution in [2.75, 3.05) is 125 Å². The van der Waals surface area contributed by atoms with E-state index >= 15 is 0 Å². The fourth-order valence-electron chi connectivity index (χ4n) is 8.21. The topological polar surface area (TPSA) is 260 Å². The monoisotopic (exact) mass is 1270 g/mol. The third-order valence-electron chi connectivity index (χ3n) is 11.4. The quantitative estimate of drug-likeness (QED) is 0.0173. The summed E-state index contributed by atoms with van der Waals surface area (Å²) in [6.07, 6.45) is 4.56. The van der Waals surface area contributed by atoms with Gasteiger partial charge in [0.2, 0.25) is 0 Å². The van der Waals surface area contributed by atoms with Gasteiger partial charge in [-0.1, -0.05) is 23.7 Å². The minimum Gasteiger partial charge on any atom is -0.490 e. The molecule has 0 unspecified atom stereocenters. The molecule has 1 aromatic carbocycles. The number of nitrogens with zero attached hydrogens (tertiary/aromatic N) is 7. The number of carbonyl (C=O) groups is 1. The van der Waals surface area contributed by atoms with Gasteiger partial charge in [-0.3, -0.25) is 32.9 Å². The number of pyridine rings is 1. The standard InChI is InChI=1S/C56H87N7O18P4/c1-12-71-56(64)26-24-22-21-23-25-48-39-53(73-36-34-70-11)49(40-52(48)72-35-33-69-10)28-27-47-37-54(62-31-29-50(58-62)41-60(43-82(65,74-13-2)75-14-3)44-83(66,76-15-4)77-16-5)57-55(38-47)63-32-30-51(59-63)42-61(45-84(67,78-17-6)79-18-7)46-85(68,80-19-8)81-20-9/h29-32,37-40H,12-22,24,26,33-36,41-46H2,1-11H3. The smallest absolute Gasteiger partial charge is 0.344 e. The van der Waals surface area contributed by atoms with Crippen LogP contribution in [-0.4, -0.2) is 166 Å². The molecular weight excluding hydrogens is 1180 g/mol. The molecule has 0 aliphatic carbocycles. The van der Waals surface area contributed by atoms with Crippen molar-refractivity contribution in [1.29, 1.82) is 0 Å². The summed E-state index contributed by atoms with van der Waals surface area (Å²) in [6, 6.07) is 10.5. The first-order valence-electron chi connectivity index (χ1n) is 28.6. The van der Waals surface area contributed by atoms with E-state index in [-0.39, 0.29) is 117 Å². The van der Waals surface area contributed by atoms with Gasteiger partial charge < -0.3 is 59.9 Å². The van der Waals surface area contributed by atoms with Crippen LogP contribution in [0.5, 0.6) is 11.5 Å². The Morgan fingerprint density at radius 2 is 0.894 bits per heavy atom. The van der Waals surface area contributed by atoms with Crippen LogP contribution < -0.4 is 9.47 Å². The summed E-state index contributed by atoms with van der Waals surface area (Å²) in [5.74, 6) is 14.2. The van der Waals surface area contributed by atoms with Crippen LogP contribution >= 0.6 is 30.4 Å². The highest BCUT2D eigenvalue weighted by Gasteiger charge is 2.36. The van der Waals surface area contributed by atoms with Crippen LogP contribution in [0.3, 0.4) is 0 Å². The van der Waals surface area contributed by atoms with Gasteiger partial charge in [0.15, 0.2) is 11.6 Å². The molecule has 29 heteroatoms. The minimum atomic E-state index is -3.73. The predicted molar refractivity (Wildman–Crippen MR) is 322 cm³/mol. The third kappa shape index (κ3) is 25.6. The number of rotatable bonds is 43. The van der Waals surface area contributed by atoms with Crippen molar-refractivity contribution in [2.45, 2.75) is 101 Å². The SMILES string of the molecule is CCOC(=O)CCCCC#Cc1cc(OCCOC)c(C#Cc2cc(-n3ccc(CN(CP(=O)(OCC)OCC)CP(=O)(OCC)OCC)n3)nc(-n3ccc(CN(CP(=O)(OCC)OCC)CP(=O)(OCC)OCC)n3)c2)cc1OCCOC. The molecule has 0 bridgehead atoms. The second-order valence-electron chi connectivity index (χ2n) is 18.2. The van der Waals surface area contributed by atoms with E-state index in [9.17, 15) is 23.1 Å². The van der Waals surface area contributed by atoms with E-state index in [4.69, 9.17) is 75.1 Å². The lowest BCUT2D eigenvalue weighted by molar-refractivity contribution is -0.143. The summed E-state index contributed by atoms with van der Waals surface area (Å²) >= 11 is 0. The number of hydrogen-bond acceptors (Lipinski definition) is 23. The van der Waals surface area contributed by atoms with Gasteiger partial charge in [-0.2, -0.15) is 10.2 Å². The van der Waals surface area contributed by atoms with Crippen LogP contribution in [0.25, 0.3) is 11.6 Å². The summed E-state index contributed by atoms with van der Waals surface area (Å²) < 4.78 is 132. The maximum atomic E-state index is 14.0. The Kier molecular flexibility index (Phi) is 33.1. The summed E-state index contributed by atoms with van der Waals surface area (Å²) in [5.41, 5.74) is 2.41. The number of unbranched alkanes of at least 4 members (excludes halogenated alkanes) is 2. The van der Waals surface area contributed by atoms with E-state index in [1.165, 1.54) is 9.36 Å². The molecule has 474 valence electrons. The average Bonchev–Trinajstić information content (AvgIpc) is 3.40. The lowest BCUT2D eigenvalue weighted by atomic mass is 10.1. The molecule has 0 aliphatic heterocycles. The molecule has 0 saturated carbocycles. The van der Waals surface area contributed by atoms with Gasteiger partial charge in [0.1, 0.15) is 49.9 Å². The van der Waals surface area contributed by atoms with Crippen LogP contribution in [0.15, 0.2) is 48.8 Å². The molecule has 4 rings (SSSR count). The van der Waals surface area contributed by atoms with Crippen molar-refractivity contribution < 1.29 is 82.9 Å². The Hall–Kier alpha value is -4.58. The molecule has 0 radical (unpaired) electrons. The largest absolute Gasteiger partial charge is 0.490 e. The number of carbonyl (C=O) groups excluding carboxylic acids is 1. The molecular formula is C56H87N7O18P4. The van der Waals surface area contributed by atoms with E-state index in [0.29, 0.717) is 90.1 Å². The lowest BCUT2D eigenvalue weighted by Crippen LogP contribution is -2.28. The predicted octanol–water partition coefficient (Wildman–Crippen LogP) is 10.9. The first-order valence-corrected chi connectivity index (χ1v) is 35.5. The van der Waals surface area contributed by atoms with Crippen molar-refractivity contribution in [1.82, 2.24) is 34.3 Å². The zero-order valence-electron chi connectivity index (χ0n) is 51.2. The Bertz CT molecular complexity index is 2760. The number of benzene rings is 1. The van der Waals surface area contributed by atoms with E-state index in [2.05, 4.69) is 23.7 Å². The van der Waals surface area contributed by atoms with Gasteiger partial charge in [-0.25, -0.2) is 14.3 Å². The van der Waals surface area contributed by atoms with Crippen molar-refractivity contribution in [3.8, 4) is 46.8 Å². The number of hydrogen-bond donors (Lipinski definition) is 0. The molecule has 0 saturated heterocycles. The molecule has 85 heavy (non-hydrogen) atoms. The Morgan fingerprint density at radius 3 is 1.26 bits per heavy atom. The highest BCUT2D eigenvalue weighted by Crippen LogP contribution is 2.55. The molecule has 3 aromatic heterocycles. The summed E-state index contributed by atoms with van der Waals surface area (Å²) in [5, 5.41) is 9.79. The molecule has 0 fully saturated rings. The van der Waals surface area contributed by atoms with Gasteiger partial charge in [0.25, 0.3) is 0 Å². The zero-order chi connectivity index (χ0) is 62.1. The molecule has 4 aromatic rings. The first kappa shape index (κ1) is 72.9. The van der Waals surface area contributed by atoms with Gasteiger partial charge in [0, 0.05) is 70.2 Å². The van der Waals surface area contributed by atoms with Crippen molar-refractivity contribution in [3.05, 3.63) is 76.9 Å². The average molecular weight is 1270 g/mol. The molecule has 0 aliphatic rings. The normalized spacial score (nSPS) is 12.1. The molecule has 0 spiro atoms. The second kappa shape index (κ2) is 38.6. The van der Waals surface area contributed by atoms with Gasteiger partial charge in [-0.05, 0) is 99.4 Å². The van der Waals surface area contributed by atoms with Crippen LogP contribution in [0.1, 0.15) is 116 Å². The number of methoxy groups -OCH3 is 2. The van der Waals surface area contributed by atoms with Crippen molar-refractivity contribution >= 4 is 36.4 Å². The summed E-state index contributed by atoms with van der Waals surface area (Å²) in [6.45, 7) is 17.7.